The predicted octanol–water partition coefficient (Wildman–Crippen LogP) is 4.05. The molecule has 0 unspecified atom stereocenters. The lowest BCUT2D eigenvalue weighted by Gasteiger charge is -2.08. The fraction of sp³-hybridized carbons (Fsp3) is 0.300. The quantitative estimate of drug-likeness (QED) is 0.815. The van der Waals surface area contributed by atoms with Gasteiger partial charge in [0, 0.05) is 12.1 Å². The largest absolute Gasteiger partial charge is 0.462 e. The highest BCUT2D eigenvalue weighted by Crippen LogP contribution is 2.14. The molecule has 4 heteroatoms. The molecule has 0 aliphatic heterocycles. The minimum absolute atomic E-state index is 0.0443. The molecular weight excluding hydrogens is 302 g/mol. The lowest BCUT2D eigenvalue weighted by molar-refractivity contribution is -0.116. The topological polar surface area (TPSA) is 55.4 Å². The van der Waals surface area contributed by atoms with Gasteiger partial charge in [-0.25, -0.2) is 4.79 Å². The molecule has 4 nitrogen and oxygen atoms in total. The van der Waals surface area contributed by atoms with E-state index in [0.29, 0.717) is 30.7 Å². The van der Waals surface area contributed by atoms with E-state index < -0.39 is 0 Å². The third kappa shape index (κ3) is 4.95. The van der Waals surface area contributed by atoms with Crippen molar-refractivity contribution >= 4 is 17.6 Å². The Hall–Kier alpha value is -2.62. The maximum absolute atomic E-state index is 12.1. The van der Waals surface area contributed by atoms with E-state index in [2.05, 4.69) is 37.4 Å². The van der Waals surface area contributed by atoms with E-state index in [1.54, 1.807) is 31.2 Å². The van der Waals surface area contributed by atoms with Crippen molar-refractivity contribution in [2.75, 3.05) is 11.9 Å². The Morgan fingerprint density at radius 1 is 1.00 bits per heavy atom. The van der Waals surface area contributed by atoms with Crippen LogP contribution in [0.3, 0.4) is 0 Å². The van der Waals surface area contributed by atoms with Gasteiger partial charge in [-0.15, -0.1) is 0 Å². The van der Waals surface area contributed by atoms with Crippen molar-refractivity contribution in [3.05, 3.63) is 64.7 Å². The van der Waals surface area contributed by atoms with Crippen LogP contribution in [0.1, 0.15) is 40.4 Å². The van der Waals surface area contributed by atoms with Crippen LogP contribution in [0.15, 0.2) is 42.5 Å². The van der Waals surface area contributed by atoms with Crippen LogP contribution in [-0.4, -0.2) is 18.5 Å². The van der Waals surface area contributed by atoms with E-state index in [-0.39, 0.29) is 11.9 Å². The predicted molar refractivity (Wildman–Crippen MR) is 95.3 cm³/mol. The molecular formula is C20H23NO3. The zero-order valence-corrected chi connectivity index (χ0v) is 14.4. The number of benzene rings is 2. The summed E-state index contributed by atoms with van der Waals surface area (Å²) < 4.78 is 4.93. The van der Waals surface area contributed by atoms with Crippen LogP contribution < -0.4 is 5.32 Å². The molecule has 0 aromatic heterocycles. The summed E-state index contributed by atoms with van der Waals surface area (Å²) in [6.45, 7) is 6.26. The van der Waals surface area contributed by atoms with Gasteiger partial charge in [0.2, 0.25) is 5.91 Å². The third-order valence-electron chi connectivity index (χ3n) is 3.89. The summed E-state index contributed by atoms with van der Waals surface area (Å²) in [5.41, 5.74) is 4.80. The molecule has 0 saturated carbocycles. The van der Waals surface area contributed by atoms with E-state index in [1.165, 1.54) is 11.1 Å². The third-order valence-corrected chi connectivity index (χ3v) is 3.89. The Labute approximate surface area is 142 Å². The Morgan fingerprint density at radius 2 is 1.71 bits per heavy atom. The van der Waals surface area contributed by atoms with Gasteiger partial charge in [0.05, 0.1) is 12.2 Å². The molecule has 2 aromatic rings. The first-order chi connectivity index (χ1) is 11.5. The maximum Gasteiger partial charge on any atom is 0.338 e. The molecule has 0 heterocycles. The summed E-state index contributed by atoms with van der Waals surface area (Å²) in [4.78, 5) is 23.6. The molecule has 0 aliphatic rings. The highest BCUT2D eigenvalue weighted by atomic mass is 16.5. The Morgan fingerprint density at radius 3 is 2.33 bits per heavy atom. The second-order valence-corrected chi connectivity index (χ2v) is 5.76. The van der Waals surface area contributed by atoms with Gasteiger partial charge in [0.25, 0.3) is 0 Å². The Balaban J connectivity index is 1.87. The first-order valence-corrected chi connectivity index (χ1v) is 8.12. The number of hydrogen-bond acceptors (Lipinski definition) is 3. The average Bonchev–Trinajstić information content (AvgIpc) is 2.57. The van der Waals surface area contributed by atoms with Crippen molar-refractivity contribution in [3.8, 4) is 0 Å². The van der Waals surface area contributed by atoms with E-state index in [9.17, 15) is 9.59 Å². The average molecular weight is 325 g/mol. The fourth-order valence-electron chi connectivity index (χ4n) is 2.34. The smallest absolute Gasteiger partial charge is 0.338 e. The van der Waals surface area contributed by atoms with Crippen molar-refractivity contribution < 1.29 is 14.3 Å². The number of carbonyl (C=O) groups excluding carboxylic acids is 2. The van der Waals surface area contributed by atoms with E-state index in [4.69, 9.17) is 4.74 Å². The fourth-order valence-corrected chi connectivity index (χ4v) is 2.34. The minimum Gasteiger partial charge on any atom is -0.462 e. The second-order valence-electron chi connectivity index (χ2n) is 5.76. The summed E-state index contributed by atoms with van der Waals surface area (Å²) >= 11 is 0. The van der Waals surface area contributed by atoms with Crippen LogP contribution in [-0.2, 0) is 16.0 Å². The zero-order chi connectivity index (χ0) is 17.5. The first kappa shape index (κ1) is 17.7. The number of aryl methyl sites for hydroxylation is 3. The van der Waals surface area contributed by atoms with Gasteiger partial charge < -0.3 is 10.1 Å². The van der Waals surface area contributed by atoms with Crippen molar-refractivity contribution in [1.29, 1.82) is 0 Å². The normalized spacial score (nSPS) is 10.3. The van der Waals surface area contributed by atoms with Crippen molar-refractivity contribution in [1.82, 2.24) is 0 Å². The molecule has 24 heavy (non-hydrogen) atoms. The number of hydrogen-bond donors (Lipinski definition) is 1. The lowest BCUT2D eigenvalue weighted by Crippen LogP contribution is -2.12. The van der Waals surface area contributed by atoms with Crippen LogP contribution in [0.25, 0.3) is 0 Å². The monoisotopic (exact) mass is 325 g/mol. The van der Waals surface area contributed by atoms with Gasteiger partial charge >= 0.3 is 5.97 Å². The second kappa shape index (κ2) is 8.29. The molecule has 2 aromatic carbocycles. The highest BCUT2D eigenvalue weighted by molar-refractivity contribution is 5.93. The van der Waals surface area contributed by atoms with Crippen LogP contribution >= 0.6 is 0 Å². The Kier molecular flexibility index (Phi) is 6.13. The summed E-state index contributed by atoms with van der Waals surface area (Å²) in [5, 5.41) is 2.85. The molecule has 0 atom stereocenters. The number of carbonyl (C=O) groups is 2. The van der Waals surface area contributed by atoms with Gasteiger partial charge in [-0.2, -0.15) is 0 Å². The number of anilines is 1. The van der Waals surface area contributed by atoms with Crippen LogP contribution in [0, 0.1) is 13.8 Å². The molecule has 0 radical (unpaired) electrons. The number of ether oxygens (including phenoxy) is 1. The van der Waals surface area contributed by atoms with Crippen molar-refractivity contribution in [2.45, 2.75) is 33.6 Å². The van der Waals surface area contributed by atoms with Crippen molar-refractivity contribution in [2.24, 2.45) is 0 Å². The lowest BCUT2D eigenvalue weighted by atomic mass is 10.0. The summed E-state index contributed by atoms with van der Waals surface area (Å²) in [6.07, 6.45) is 1.12. The number of nitrogens with one attached hydrogen (secondary N) is 1. The minimum atomic E-state index is -0.356. The van der Waals surface area contributed by atoms with Crippen LogP contribution in [0.4, 0.5) is 5.69 Å². The van der Waals surface area contributed by atoms with Gasteiger partial charge in [-0.3, -0.25) is 4.79 Å². The molecule has 2 rings (SSSR count). The molecule has 0 fully saturated rings. The van der Waals surface area contributed by atoms with Gasteiger partial charge in [0.15, 0.2) is 0 Å². The van der Waals surface area contributed by atoms with Crippen LogP contribution in [0.5, 0.6) is 0 Å². The SMILES string of the molecule is CCOC(=O)c1ccc(NC(=O)CCc2ccc(C)c(C)c2)cc1. The standard InChI is InChI=1S/C20H23NO3/c1-4-24-20(23)17-8-10-18(11-9-17)21-19(22)12-7-16-6-5-14(2)15(3)13-16/h5-6,8-11,13H,4,7,12H2,1-3H3,(H,21,22). The first-order valence-electron chi connectivity index (χ1n) is 8.12. The Bertz CT molecular complexity index is 720. The molecule has 0 aliphatic carbocycles. The summed E-state index contributed by atoms with van der Waals surface area (Å²) in [5.74, 6) is -0.401. The van der Waals surface area contributed by atoms with Gasteiger partial charge in [-0.1, -0.05) is 18.2 Å². The van der Waals surface area contributed by atoms with Crippen LogP contribution in [0.2, 0.25) is 0 Å². The molecule has 0 saturated heterocycles. The van der Waals surface area contributed by atoms with E-state index in [1.807, 2.05) is 0 Å². The molecule has 126 valence electrons. The maximum atomic E-state index is 12.1. The number of rotatable bonds is 6. The zero-order valence-electron chi connectivity index (χ0n) is 14.4. The van der Waals surface area contributed by atoms with Crippen molar-refractivity contribution in [3.63, 3.8) is 0 Å². The molecule has 1 N–H and O–H groups in total. The highest BCUT2D eigenvalue weighted by Gasteiger charge is 2.07. The summed E-state index contributed by atoms with van der Waals surface area (Å²) in [7, 11) is 0. The number of amides is 1. The molecule has 0 bridgehead atoms. The van der Waals surface area contributed by atoms with Gasteiger partial charge in [0.1, 0.15) is 0 Å². The number of esters is 1. The van der Waals surface area contributed by atoms with E-state index in [0.717, 1.165) is 5.56 Å². The summed E-state index contributed by atoms with van der Waals surface area (Å²) in [6, 6.07) is 13.0. The molecule has 1 amide bonds. The van der Waals surface area contributed by atoms with Gasteiger partial charge in [-0.05, 0) is 68.1 Å². The molecule has 0 spiro atoms. The van der Waals surface area contributed by atoms with E-state index >= 15 is 0 Å².